The number of carbonyl (C=O) groups is 1. The lowest BCUT2D eigenvalue weighted by molar-refractivity contribution is -0.110. The summed E-state index contributed by atoms with van der Waals surface area (Å²) in [6.07, 6.45) is 4.84. The van der Waals surface area contributed by atoms with E-state index in [0.717, 1.165) is 17.4 Å². The molecule has 1 aromatic heterocycles. The summed E-state index contributed by atoms with van der Waals surface area (Å²) in [4.78, 5) is 15.0. The molecule has 0 saturated heterocycles. The fourth-order valence-corrected chi connectivity index (χ4v) is 1.98. The van der Waals surface area contributed by atoms with E-state index in [2.05, 4.69) is 46.5 Å². The molecule has 0 saturated carbocycles. The predicted octanol–water partition coefficient (Wildman–Crippen LogP) is 4.72. The molecule has 0 spiro atoms. The summed E-state index contributed by atoms with van der Waals surface area (Å²) in [6.45, 7) is 14.9. The highest BCUT2D eigenvalue weighted by atomic mass is 16.1. The molecule has 1 heterocycles. The third-order valence-electron chi connectivity index (χ3n) is 4.01. The Morgan fingerprint density at radius 1 is 1.10 bits per heavy atom. The van der Waals surface area contributed by atoms with Crippen LogP contribution < -0.4 is 0 Å². The minimum absolute atomic E-state index is 0.125. The summed E-state index contributed by atoms with van der Waals surface area (Å²) < 4.78 is 0. The van der Waals surface area contributed by atoms with Gasteiger partial charge in [-0.05, 0) is 48.2 Å². The molecule has 1 aromatic rings. The molecule has 2 nitrogen and oxygen atoms in total. The molecule has 0 amide bonds. The second-order valence-corrected chi connectivity index (χ2v) is 6.46. The van der Waals surface area contributed by atoms with Crippen LogP contribution in [0.25, 0.3) is 0 Å². The van der Waals surface area contributed by atoms with Crippen LogP contribution in [-0.2, 0) is 4.79 Å². The maximum atomic E-state index is 11.1. The van der Waals surface area contributed by atoms with Crippen molar-refractivity contribution >= 4 is 13.0 Å². The van der Waals surface area contributed by atoms with Gasteiger partial charge in [-0.2, -0.15) is 0 Å². The highest BCUT2D eigenvalue weighted by molar-refractivity contribution is 6.74. The van der Waals surface area contributed by atoms with Gasteiger partial charge < -0.3 is 4.79 Å². The molecule has 21 heavy (non-hydrogen) atoms. The van der Waals surface area contributed by atoms with Crippen molar-refractivity contribution in [2.45, 2.75) is 60.7 Å². The number of nitrogens with zero attached hydrogens (tertiary/aromatic N) is 1. The van der Waals surface area contributed by atoms with Crippen molar-refractivity contribution in [3.63, 3.8) is 0 Å². The SMILES string of the molecule is CC(=O)[B]C(c1ccncc1)C(C)C.CCC(C)C(C)C. The van der Waals surface area contributed by atoms with Gasteiger partial charge in [-0.15, -0.1) is 0 Å². The van der Waals surface area contributed by atoms with Gasteiger partial charge in [0.2, 0.25) is 7.28 Å². The number of aromatic nitrogens is 1. The molecular weight excluding hydrogens is 257 g/mol. The monoisotopic (exact) mass is 288 g/mol. The maximum Gasteiger partial charge on any atom is 0.210 e. The second kappa shape index (κ2) is 10.6. The van der Waals surface area contributed by atoms with E-state index in [-0.39, 0.29) is 11.5 Å². The van der Waals surface area contributed by atoms with E-state index < -0.39 is 0 Å². The zero-order valence-electron chi connectivity index (χ0n) is 14.8. The van der Waals surface area contributed by atoms with E-state index in [9.17, 15) is 4.79 Å². The van der Waals surface area contributed by atoms with Crippen LogP contribution in [0, 0.1) is 17.8 Å². The van der Waals surface area contributed by atoms with Gasteiger partial charge in [-0.1, -0.05) is 48.0 Å². The van der Waals surface area contributed by atoms with Crippen LogP contribution in [0.1, 0.15) is 66.3 Å². The topological polar surface area (TPSA) is 30.0 Å². The molecule has 0 aliphatic carbocycles. The molecule has 1 rings (SSSR count). The lowest BCUT2D eigenvalue weighted by Crippen LogP contribution is -2.20. The molecule has 0 fully saturated rings. The smallest absolute Gasteiger partial charge is 0.210 e. The zero-order chi connectivity index (χ0) is 16.4. The van der Waals surface area contributed by atoms with E-state index in [4.69, 9.17) is 0 Å². The number of pyridine rings is 1. The Kier molecular flexibility index (Phi) is 10.0. The minimum Gasteiger partial charge on any atom is -0.312 e. The first-order chi connectivity index (χ1) is 9.79. The molecule has 2 unspecified atom stereocenters. The number of hydrogen-bond acceptors (Lipinski definition) is 2. The summed E-state index contributed by atoms with van der Waals surface area (Å²) in [5.74, 6) is 2.40. The molecule has 0 bridgehead atoms. The first kappa shape index (κ1) is 19.9. The summed E-state index contributed by atoms with van der Waals surface area (Å²) in [5.41, 5.74) is 1.28. The van der Waals surface area contributed by atoms with Crippen molar-refractivity contribution in [1.29, 1.82) is 0 Å². The standard InChI is InChI=1S/C11H15BNO.C7H16/c1-8(2)11(12-9(3)14)10-4-6-13-7-5-10;1-5-7(4)6(2)3/h4-8,11H,1-3H3;6-7H,5H2,1-4H3. The Bertz CT molecular complexity index is 389. The first-order valence-electron chi connectivity index (χ1n) is 8.04. The zero-order valence-corrected chi connectivity index (χ0v) is 14.8. The molecule has 0 aliphatic heterocycles. The summed E-state index contributed by atoms with van der Waals surface area (Å²) in [6, 6.07) is 3.92. The third-order valence-corrected chi connectivity index (χ3v) is 4.01. The van der Waals surface area contributed by atoms with E-state index in [0.29, 0.717) is 5.92 Å². The molecule has 0 aromatic carbocycles. The van der Waals surface area contributed by atoms with Crippen LogP contribution in [0.5, 0.6) is 0 Å². The van der Waals surface area contributed by atoms with Crippen LogP contribution >= 0.6 is 0 Å². The van der Waals surface area contributed by atoms with Crippen LogP contribution in [0.4, 0.5) is 0 Å². The Balaban J connectivity index is 0.000000486. The molecule has 0 aliphatic rings. The third kappa shape index (κ3) is 8.69. The van der Waals surface area contributed by atoms with Gasteiger partial charge in [-0.25, -0.2) is 0 Å². The van der Waals surface area contributed by atoms with Gasteiger partial charge in [0.15, 0.2) is 0 Å². The van der Waals surface area contributed by atoms with E-state index >= 15 is 0 Å². The largest absolute Gasteiger partial charge is 0.312 e. The minimum atomic E-state index is 0.125. The number of rotatable bonds is 6. The van der Waals surface area contributed by atoms with Crippen molar-refractivity contribution in [3.8, 4) is 0 Å². The highest BCUT2D eigenvalue weighted by Gasteiger charge is 2.18. The van der Waals surface area contributed by atoms with Crippen molar-refractivity contribution in [3.05, 3.63) is 30.1 Å². The molecular formula is C18H31BNO. The average molecular weight is 288 g/mol. The van der Waals surface area contributed by atoms with Gasteiger partial charge in [0.05, 0.1) is 5.68 Å². The number of hydrogen-bond donors (Lipinski definition) is 0. The van der Waals surface area contributed by atoms with Gasteiger partial charge in [0.1, 0.15) is 0 Å². The Morgan fingerprint density at radius 3 is 1.90 bits per heavy atom. The summed E-state index contributed by atoms with van der Waals surface area (Å²) >= 11 is 0. The summed E-state index contributed by atoms with van der Waals surface area (Å²) in [7, 11) is 1.78. The lowest BCUT2D eigenvalue weighted by atomic mass is 9.55. The fourth-order valence-electron chi connectivity index (χ4n) is 1.98. The van der Waals surface area contributed by atoms with Crippen LogP contribution in [0.2, 0.25) is 0 Å². The Hall–Kier alpha value is -1.12. The van der Waals surface area contributed by atoms with E-state index in [1.165, 1.54) is 6.42 Å². The highest BCUT2D eigenvalue weighted by Crippen LogP contribution is 2.22. The van der Waals surface area contributed by atoms with E-state index in [1.807, 2.05) is 12.1 Å². The second-order valence-electron chi connectivity index (χ2n) is 6.46. The maximum absolute atomic E-state index is 11.1. The van der Waals surface area contributed by atoms with Crippen molar-refractivity contribution < 1.29 is 4.79 Å². The molecule has 3 heteroatoms. The lowest BCUT2D eigenvalue weighted by Gasteiger charge is -2.18. The number of carbonyl (C=O) groups excluding carboxylic acids is 1. The van der Waals surface area contributed by atoms with Crippen molar-refractivity contribution in [2.24, 2.45) is 17.8 Å². The Morgan fingerprint density at radius 2 is 1.62 bits per heavy atom. The quantitative estimate of drug-likeness (QED) is 0.709. The fraction of sp³-hybridized carbons (Fsp3) is 0.667. The molecule has 1 radical (unpaired) electrons. The van der Waals surface area contributed by atoms with Crippen molar-refractivity contribution in [2.75, 3.05) is 0 Å². The first-order valence-corrected chi connectivity index (χ1v) is 8.04. The molecule has 2 atom stereocenters. The van der Waals surface area contributed by atoms with Gasteiger partial charge in [-0.3, -0.25) is 4.98 Å². The molecule has 0 N–H and O–H groups in total. The van der Waals surface area contributed by atoms with Crippen LogP contribution in [0.15, 0.2) is 24.5 Å². The summed E-state index contributed by atoms with van der Waals surface area (Å²) in [5, 5.41) is 0. The predicted molar refractivity (Wildman–Crippen MR) is 92.5 cm³/mol. The van der Waals surface area contributed by atoms with Gasteiger partial charge in [0.25, 0.3) is 0 Å². The molecule has 117 valence electrons. The van der Waals surface area contributed by atoms with Crippen LogP contribution in [0.3, 0.4) is 0 Å². The van der Waals surface area contributed by atoms with Gasteiger partial charge >= 0.3 is 0 Å². The van der Waals surface area contributed by atoms with Crippen LogP contribution in [-0.4, -0.2) is 17.9 Å². The normalized spacial score (nSPS) is 13.4. The van der Waals surface area contributed by atoms with Gasteiger partial charge in [0, 0.05) is 12.4 Å². The average Bonchev–Trinajstić information content (AvgIpc) is 2.44. The Labute approximate surface area is 132 Å². The van der Waals surface area contributed by atoms with Crippen molar-refractivity contribution in [1.82, 2.24) is 4.98 Å². The van der Waals surface area contributed by atoms with E-state index in [1.54, 1.807) is 26.6 Å².